The Morgan fingerprint density at radius 2 is 1.72 bits per heavy atom. The van der Waals surface area contributed by atoms with Gasteiger partial charge in [-0.3, -0.25) is 0 Å². The fraction of sp³-hybridized carbons (Fsp3) is 0.370. The summed E-state index contributed by atoms with van der Waals surface area (Å²) in [4.78, 5) is 18.2. The summed E-state index contributed by atoms with van der Waals surface area (Å²) < 4.78 is 42.3. The van der Waals surface area contributed by atoms with Gasteiger partial charge in [-0.05, 0) is 69.1 Å². The van der Waals surface area contributed by atoms with E-state index in [2.05, 4.69) is 30.5 Å². The van der Waals surface area contributed by atoms with E-state index in [1.807, 2.05) is 19.4 Å². The molecular formula is C27H30F3N7OS. The van der Waals surface area contributed by atoms with Gasteiger partial charge in [-0.25, -0.2) is 9.97 Å². The first-order chi connectivity index (χ1) is 18.4. The number of halogens is 3. The molecule has 3 N–H and O–H groups in total. The Hall–Kier alpha value is -3.48. The number of piperazine rings is 1. The van der Waals surface area contributed by atoms with Crippen molar-refractivity contribution in [3.8, 4) is 0 Å². The number of thiophene rings is 1. The molecule has 0 saturated carbocycles. The van der Waals surface area contributed by atoms with Crippen LogP contribution in [-0.4, -0.2) is 58.2 Å². The van der Waals surface area contributed by atoms with Gasteiger partial charge < -0.3 is 25.5 Å². The molecule has 8 nitrogen and oxygen atoms in total. The summed E-state index contributed by atoms with van der Waals surface area (Å²) in [5, 5.41) is 19.3. The minimum Gasteiger partial charge on any atom is -0.384 e. The number of benzene rings is 1. The number of pyridine rings is 1. The van der Waals surface area contributed by atoms with Crippen LogP contribution in [0.3, 0.4) is 0 Å². The number of anilines is 5. The number of alkyl halides is 3. The molecule has 0 spiro atoms. The second-order valence-corrected chi connectivity index (χ2v) is 11.1. The fourth-order valence-electron chi connectivity index (χ4n) is 4.49. The average molecular weight is 558 g/mol. The Morgan fingerprint density at radius 3 is 2.41 bits per heavy atom. The van der Waals surface area contributed by atoms with Crippen molar-refractivity contribution in [3.63, 3.8) is 0 Å². The summed E-state index contributed by atoms with van der Waals surface area (Å²) in [7, 11) is 1.96. The Morgan fingerprint density at radius 1 is 0.974 bits per heavy atom. The highest BCUT2D eigenvalue weighted by molar-refractivity contribution is 7.17. The van der Waals surface area contributed by atoms with Crippen molar-refractivity contribution in [2.45, 2.75) is 32.5 Å². The highest BCUT2D eigenvalue weighted by atomic mass is 32.1. The number of rotatable bonds is 6. The lowest BCUT2D eigenvalue weighted by atomic mass is 10.1. The van der Waals surface area contributed by atoms with Gasteiger partial charge in [0.2, 0.25) is 5.95 Å². The van der Waals surface area contributed by atoms with Crippen LogP contribution in [0.2, 0.25) is 0 Å². The van der Waals surface area contributed by atoms with Crippen LogP contribution in [0.5, 0.6) is 0 Å². The average Bonchev–Trinajstić information content (AvgIpc) is 3.24. The summed E-state index contributed by atoms with van der Waals surface area (Å²) in [6, 6.07) is 9.51. The van der Waals surface area contributed by atoms with E-state index in [4.69, 9.17) is 0 Å². The molecule has 0 amide bonds. The normalized spacial score (nSPS) is 15.1. The number of fused-ring (bicyclic) bond motifs is 1. The third-order valence-corrected chi connectivity index (χ3v) is 7.63. The van der Waals surface area contributed by atoms with Crippen LogP contribution in [-0.2, 0) is 11.8 Å². The van der Waals surface area contributed by atoms with Crippen molar-refractivity contribution in [2.24, 2.45) is 0 Å². The van der Waals surface area contributed by atoms with Crippen LogP contribution < -0.4 is 15.5 Å². The topological polar surface area (TPSA) is 89.4 Å². The number of hydrogen-bond acceptors (Lipinski definition) is 9. The predicted molar refractivity (Wildman–Crippen MR) is 149 cm³/mol. The first-order valence-electron chi connectivity index (χ1n) is 12.5. The second-order valence-electron chi connectivity index (χ2n) is 10.2. The van der Waals surface area contributed by atoms with Crippen molar-refractivity contribution in [3.05, 3.63) is 58.6 Å². The third-order valence-electron chi connectivity index (χ3n) is 6.64. The zero-order valence-electron chi connectivity index (χ0n) is 22.1. The number of aryl methyl sites for hydroxylation is 1. The molecule has 1 aromatic carbocycles. The highest BCUT2D eigenvalue weighted by Gasteiger charge is 2.36. The number of nitrogens with zero attached hydrogens (tertiary/aromatic N) is 5. The van der Waals surface area contributed by atoms with Gasteiger partial charge in [-0.2, -0.15) is 18.2 Å². The van der Waals surface area contributed by atoms with Crippen molar-refractivity contribution in [2.75, 3.05) is 48.8 Å². The second kappa shape index (κ2) is 10.2. The molecule has 3 aromatic heterocycles. The van der Waals surface area contributed by atoms with Crippen molar-refractivity contribution in [1.82, 2.24) is 19.9 Å². The number of nitrogens with one attached hydrogen (secondary N) is 2. The standard InChI is InChI=1S/C27H30F3N7OS/c1-16-15-39-24-22(16)23(33-21-7-5-6-20(32-21)26(2,3)38)34-25(35-24)31-17-8-9-19(18(14-17)27(28,29)30)37-12-10-36(4)11-13-37/h5-9,14-15,38H,10-13H2,1-4H3,(H2,31,32,33,34,35). The maximum absolute atomic E-state index is 14.1. The monoisotopic (exact) mass is 557 g/mol. The summed E-state index contributed by atoms with van der Waals surface area (Å²) in [5.74, 6) is 1.10. The number of aliphatic hydroxyl groups is 1. The predicted octanol–water partition coefficient (Wildman–Crippen LogP) is 5.88. The van der Waals surface area contributed by atoms with Gasteiger partial charge >= 0.3 is 6.18 Å². The summed E-state index contributed by atoms with van der Waals surface area (Å²) in [5.41, 5.74) is 0.0244. The van der Waals surface area contributed by atoms with Crippen LogP contribution in [0, 0.1) is 6.92 Å². The molecule has 1 aliphatic heterocycles. The Kier molecular flexibility index (Phi) is 7.12. The van der Waals surface area contributed by atoms with E-state index in [-0.39, 0.29) is 17.3 Å². The van der Waals surface area contributed by atoms with Gasteiger partial charge in [0.15, 0.2) is 0 Å². The van der Waals surface area contributed by atoms with Crippen molar-refractivity contribution >= 4 is 50.5 Å². The smallest absolute Gasteiger partial charge is 0.384 e. The van der Waals surface area contributed by atoms with E-state index in [0.29, 0.717) is 48.3 Å². The van der Waals surface area contributed by atoms with Gasteiger partial charge in [0.1, 0.15) is 22.1 Å². The molecule has 0 radical (unpaired) electrons. The summed E-state index contributed by atoms with van der Waals surface area (Å²) in [6.45, 7) is 7.70. The molecule has 0 atom stereocenters. The largest absolute Gasteiger partial charge is 0.418 e. The van der Waals surface area contributed by atoms with Crippen LogP contribution in [0.25, 0.3) is 10.2 Å². The molecule has 5 rings (SSSR count). The molecule has 0 aliphatic carbocycles. The first-order valence-corrected chi connectivity index (χ1v) is 13.4. The molecule has 12 heteroatoms. The maximum Gasteiger partial charge on any atom is 0.418 e. The molecule has 1 fully saturated rings. The van der Waals surface area contributed by atoms with Crippen molar-refractivity contribution < 1.29 is 18.3 Å². The van der Waals surface area contributed by atoms with E-state index in [9.17, 15) is 18.3 Å². The molecule has 0 unspecified atom stereocenters. The molecule has 1 saturated heterocycles. The zero-order chi connectivity index (χ0) is 27.9. The Balaban J connectivity index is 1.48. The quantitative estimate of drug-likeness (QED) is 0.271. The first kappa shape index (κ1) is 27.1. The lowest BCUT2D eigenvalue weighted by molar-refractivity contribution is -0.137. The molecule has 1 aliphatic rings. The van der Waals surface area contributed by atoms with E-state index >= 15 is 0 Å². The van der Waals surface area contributed by atoms with Crippen LogP contribution >= 0.6 is 11.3 Å². The number of aromatic nitrogens is 3. The van der Waals surface area contributed by atoms with Gasteiger partial charge in [-0.15, -0.1) is 11.3 Å². The summed E-state index contributed by atoms with van der Waals surface area (Å²) in [6.07, 6.45) is -4.52. The van der Waals surface area contributed by atoms with Crippen LogP contribution in [0.15, 0.2) is 41.8 Å². The fourth-order valence-corrected chi connectivity index (χ4v) is 5.41. The van der Waals surface area contributed by atoms with Gasteiger partial charge in [0, 0.05) is 37.6 Å². The van der Waals surface area contributed by atoms with E-state index in [1.165, 1.54) is 17.4 Å². The number of likely N-dealkylation sites (N-methyl/N-ethyl adjacent to an activating group) is 1. The summed E-state index contributed by atoms with van der Waals surface area (Å²) >= 11 is 1.42. The highest BCUT2D eigenvalue weighted by Crippen LogP contribution is 2.39. The molecule has 4 heterocycles. The van der Waals surface area contributed by atoms with E-state index in [1.54, 1.807) is 43.0 Å². The maximum atomic E-state index is 14.1. The minimum atomic E-state index is -4.52. The third kappa shape index (κ3) is 5.92. The Labute approximate surface area is 228 Å². The molecular weight excluding hydrogens is 527 g/mol. The van der Waals surface area contributed by atoms with Gasteiger partial charge in [0.05, 0.1) is 16.6 Å². The van der Waals surface area contributed by atoms with Gasteiger partial charge in [-0.1, -0.05) is 6.07 Å². The van der Waals surface area contributed by atoms with Crippen molar-refractivity contribution in [1.29, 1.82) is 0 Å². The number of hydrogen-bond donors (Lipinski definition) is 3. The molecule has 4 aromatic rings. The molecule has 206 valence electrons. The molecule has 39 heavy (non-hydrogen) atoms. The Bertz CT molecular complexity index is 1490. The lowest BCUT2D eigenvalue weighted by Crippen LogP contribution is -2.45. The molecule has 0 bridgehead atoms. The van der Waals surface area contributed by atoms with Gasteiger partial charge in [0.25, 0.3) is 0 Å². The zero-order valence-corrected chi connectivity index (χ0v) is 22.9. The van der Waals surface area contributed by atoms with E-state index < -0.39 is 17.3 Å². The van der Waals surface area contributed by atoms with Crippen LogP contribution in [0.4, 0.5) is 42.1 Å². The lowest BCUT2D eigenvalue weighted by Gasteiger charge is -2.35. The minimum absolute atomic E-state index is 0.158. The van der Waals surface area contributed by atoms with E-state index in [0.717, 1.165) is 17.0 Å². The van der Waals surface area contributed by atoms with Crippen LogP contribution in [0.1, 0.15) is 30.7 Å². The SMILES string of the molecule is Cc1csc2nc(Nc3ccc(N4CCN(C)CC4)c(C(F)(F)F)c3)nc(Nc3cccc(C(C)(C)O)n3)c12.